The predicted molar refractivity (Wildman–Crippen MR) is 75.5 cm³/mol. The van der Waals surface area contributed by atoms with Gasteiger partial charge in [0.15, 0.2) is 5.03 Å². The Morgan fingerprint density at radius 2 is 1.90 bits per heavy atom. The molecule has 110 valence electrons. The second-order valence-corrected chi connectivity index (χ2v) is 7.09. The summed E-state index contributed by atoms with van der Waals surface area (Å²) < 4.78 is 38.7. The van der Waals surface area contributed by atoms with Crippen LogP contribution in [0.1, 0.15) is 24.1 Å². The molecule has 0 atom stereocenters. The van der Waals surface area contributed by atoms with Crippen molar-refractivity contribution in [3.05, 3.63) is 46.6 Å². The van der Waals surface area contributed by atoms with Crippen LogP contribution in [0.15, 0.2) is 34.2 Å². The van der Waals surface area contributed by atoms with E-state index in [9.17, 15) is 12.8 Å². The van der Waals surface area contributed by atoms with Crippen molar-refractivity contribution in [3.8, 4) is 0 Å². The monoisotopic (exact) mass is 326 g/mol. The molecule has 0 spiro atoms. The summed E-state index contributed by atoms with van der Waals surface area (Å²) >= 11 is 5.85. The van der Waals surface area contributed by atoms with E-state index in [1.807, 2.05) is 0 Å². The number of fused-ring (bicyclic) bond motifs is 1. The summed E-state index contributed by atoms with van der Waals surface area (Å²) in [5, 5.41) is -0.187. The molecule has 0 aliphatic heterocycles. The first-order chi connectivity index (χ1) is 9.98. The largest absolute Gasteiger partial charge is 0.224 e. The summed E-state index contributed by atoms with van der Waals surface area (Å²) in [7, 11) is -3.90. The molecule has 21 heavy (non-hydrogen) atoms. The normalized spacial score (nSPS) is 14.8. The highest BCUT2D eigenvalue weighted by molar-refractivity contribution is 7.91. The van der Waals surface area contributed by atoms with Crippen molar-refractivity contribution >= 4 is 21.4 Å². The summed E-state index contributed by atoms with van der Waals surface area (Å²) in [5.41, 5.74) is 1.28. The topological polar surface area (TPSA) is 59.9 Å². The Balaban J connectivity index is 2.22. The summed E-state index contributed by atoms with van der Waals surface area (Å²) in [6, 6.07) is 4.89. The van der Waals surface area contributed by atoms with Crippen LogP contribution in [-0.2, 0) is 22.7 Å². The van der Waals surface area contributed by atoms with E-state index in [0.29, 0.717) is 24.1 Å². The van der Waals surface area contributed by atoms with Gasteiger partial charge in [0.2, 0.25) is 15.1 Å². The van der Waals surface area contributed by atoms with Crippen LogP contribution in [0.2, 0.25) is 5.28 Å². The standard InChI is InChI=1S/C14H12ClFN2O2S/c15-14-17-12-7-2-1-6-11(12)13(18-14)21(19,20)10-5-3-4-9(16)8-10/h3-5,8H,1-2,6-7H2. The fourth-order valence-electron chi connectivity index (χ4n) is 2.50. The lowest BCUT2D eigenvalue weighted by Crippen LogP contribution is -2.15. The lowest BCUT2D eigenvalue weighted by molar-refractivity contribution is 0.578. The zero-order valence-corrected chi connectivity index (χ0v) is 12.6. The Morgan fingerprint density at radius 1 is 1.14 bits per heavy atom. The van der Waals surface area contributed by atoms with E-state index in [0.717, 1.165) is 18.9 Å². The van der Waals surface area contributed by atoms with Crippen molar-refractivity contribution in [3.63, 3.8) is 0 Å². The van der Waals surface area contributed by atoms with Gasteiger partial charge in [0.1, 0.15) is 5.82 Å². The van der Waals surface area contributed by atoms with Crippen LogP contribution < -0.4 is 0 Å². The first-order valence-corrected chi connectivity index (χ1v) is 8.40. The first kappa shape index (κ1) is 14.4. The maximum atomic E-state index is 13.3. The van der Waals surface area contributed by atoms with E-state index in [1.165, 1.54) is 18.2 Å². The number of sulfone groups is 1. The second-order valence-electron chi connectivity index (χ2n) is 4.89. The zero-order valence-electron chi connectivity index (χ0n) is 11.0. The number of aromatic nitrogens is 2. The number of nitrogens with zero attached hydrogens (tertiary/aromatic N) is 2. The van der Waals surface area contributed by atoms with Gasteiger partial charge in [-0.25, -0.2) is 22.8 Å². The lowest BCUT2D eigenvalue weighted by Gasteiger charge is -2.18. The van der Waals surface area contributed by atoms with Gasteiger partial charge < -0.3 is 0 Å². The van der Waals surface area contributed by atoms with Gasteiger partial charge in [0.05, 0.1) is 4.90 Å². The van der Waals surface area contributed by atoms with Crippen LogP contribution in [0.5, 0.6) is 0 Å². The van der Waals surface area contributed by atoms with Gasteiger partial charge in [-0.05, 0) is 55.5 Å². The minimum atomic E-state index is -3.90. The molecule has 1 aliphatic carbocycles. The number of hydrogen-bond acceptors (Lipinski definition) is 4. The van der Waals surface area contributed by atoms with Gasteiger partial charge in [0.25, 0.3) is 0 Å². The van der Waals surface area contributed by atoms with Crippen molar-refractivity contribution in [1.29, 1.82) is 0 Å². The molecule has 0 bridgehead atoms. The van der Waals surface area contributed by atoms with Crippen molar-refractivity contribution in [2.75, 3.05) is 0 Å². The Kier molecular flexibility index (Phi) is 3.67. The zero-order chi connectivity index (χ0) is 15.0. The molecule has 0 radical (unpaired) electrons. The third kappa shape index (κ3) is 2.65. The average Bonchev–Trinajstić information content (AvgIpc) is 2.46. The molecule has 1 aromatic carbocycles. The van der Waals surface area contributed by atoms with Crippen molar-refractivity contribution < 1.29 is 12.8 Å². The van der Waals surface area contributed by atoms with Crippen molar-refractivity contribution in [1.82, 2.24) is 9.97 Å². The van der Waals surface area contributed by atoms with E-state index < -0.39 is 15.7 Å². The predicted octanol–water partition coefficient (Wildman–Crippen LogP) is 2.98. The Bertz CT molecular complexity index is 809. The summed E-state index contributed by atoms with van der Waals surface area (Å²) in [5.74, 6) is -0.606. The van der Waals surface area contributed by atoms with Crippen LogP contribution in [-0.4, -0.2) is 18.4 Å². The Labute approximate surface area is 126 Å². The number of hydrogen-bond donors (Lipinski definition) is 0. The fourth-order valence-corrected chi connectivity index (χ4v) is 4.24. The molecule has 2 aromatic rings. The third-order valence-corrected chi connectivity index (χ3v) is 5.37. The molecule has 4 nitrogen and oxygen atoms in total. The minimum Gasteiger partial charge on any atom is -0.223 e. The molecule has 1 heterocycles. The molecule has 0 saturated carbocycles. The summed E-state index contributed by atoms with van der Waals surface area (Å²) in [4.78, 5) is 7.90. The van der Waals surface area contributed by atoms with Crippen LogP contribution in [0, 0.1) is 5.82 Å². The van der Waals surface area contributed by atoms with E-state index >= 15 is 0 Å². The summed E-state index contributed by atoms with van der Waals surface area (Å²) in [6.07, 6.45) is 3.10. The molecule has 0 unspecified atom stereocenters. The molecule has 0 fully saturated rings. The molecule has 1 aromatic heterocycles. The molecule has 0 amide bonds. The van der Waals surface area contributed by atoms with Crippen LogP contribution in [0.3, 0.4) is 0 Å². The fraction of sp³-hybridized carbons (Fsp3) is 0.286. The maximum Gasteiger partial charge on any atom is 0.224 e. The molecule has 0 N–H and O–H groups in total. The van der Waals surface area contributed by atoms with Crippen LogP contribution in [0.4, 0.5) is 4.39 Å². The number of benzene rings is 1. The van der Waals surface area contributed by atoms with Gasteiger partial charge in [-0.3, -0.25) is 0 Å². The maximum absolute atomic E-state index is 13.3. The highest BCUT2D eigenvalue weighted by atomic mass is 35.5. The highest BCUT2D eigenvalue weighted by Gasteiger charge is 2.28. The van der Waals surface area contributed by atoms with Crippen LogP contribution in [0.25, 0.3) is 0 Å². The Hall–Kier alpha value is -1.53. The Morgan fingerprint density at radius 3 is 2.67 bits per heavy atom. The quantitative estimate of drug-likeness (QED) is 0.629. The molecular formula is C14H12ClFN2O2S. The van der Waals surface area contributed by atoms with Gasteiger partial charge >= 0.3 is 0 Å². The van der Waals surface area contributed by atoms with Crippen molar-refractivity contribution in [2.45, 2.75) is 35.6 Å². The molecule has 1 aliphatic rings. The third-order valence-electron chi connectivity index (χ3n) is 3.48. The molecule has 0 saturated heterocycles. The molecule has 3 rings (SSSR count). The number of rotatable bonds is 2. The van der Waals surface area contributed by atoms with E-state index in [4.69, 9.17) is 11.6 Å². The van der Waals surface area contributed by atoms with E-state index in [2.05, 4.69) is 9.97 Å². The van der Waals surface area contributed by atoms with Gasteiger partial charge in [-0.15, -0.1) is 0 Å². The van der Waals surface area contributed by atoms with Crippen LogP contribution >= 0.6 is 11.6 Å². The number of aryl methyl sites for hydroxylation is 1. The molecule has 7 heteroatoms. The second kappa shape index (κ2) is 5.35. The van der Waals surface area contributed by atoms with Gasteiger partial charge in [-0.1, -0.05) is 6.07 Å². The average molecular weight is 327 g/mol. The smallest absolute Gasteiger partial charge is 0.223 e. The van der Waals surface area contributed by atoms with Gasteiger partial charge in [-0.2, -0.15) is 0 Å². The molecular weight excluding hydrogens is 315 g/mol. The van der Waals surface area contributed by atoms with Crippen molar-refractivity contribution in [2.24, 2.45) is 0 Å². The SMILES string of the molecule is O=S(=O)(c1cccc(F)c1)c1nc(Cl)nc2c1CCCC2. The minimum absolute atomic E-state index is 0.0920. The van der Waals surface area contributed by atoms with Gasteiger partial charge in [0, 0.05) is 11.3 Å². The van der Waals surface area contributed by atoms with E-state index in [1.54, 1.807) is 0 Å². The highest BCUT2D eigenvalue weighted by Crippen LogP contribution is 2.30. The lowest BCUT2D eigenvalue weighted by atomic mass is 9.98. The number of halogens is 2. The summed E-state index contributed by atoms with van der Waals surface area (Å²) in [6.45, 7) is 0. The van der Waals surface area contributed by atoms with E-state index in [-0.39, 0.29) is 15.2 Å². The first-order valence-electron chi connectivity index (χ1n) is 6.54.